The van der Waals surface area contributed by atoms with Crippen LogP contribution < -0.4 is 21.3 Å². The van der Waals surface area contributed by atoms with Crippen LogP contribution >= 0.6 is 23.2 Å². The van der Waals surface area contributed by atoms with Crippen molar-refractivity contribution >= 4 is 69.3 Å². The number of hydrogen-bond donors (Lipinski definition) is 2. The maximum absolute atomic E-state index is 13.9. The van der Waals surface area contributed by atoms with E-state index < -0.39 is 0 Å². The summed E-state index contributed by atoms with van der Waals surface area (Å²) >= 11 is 13.0. The summed E-state index contributed by atoms with van der Waals surface area (Å²) < 4.78 is 6.70. The van der Waals surface area contributed by atoms with Gasteiger partial charge in [0.25, 0.3) is 11.8 Å². The Morgan fingerprint density at radius 2 is 1.07 bits per heavy atom. The number of aryl methyl sites for hydroxylation is 2. The van der Waals surface area contributed by atoms with E-state index in [1.165, 1.54) is 0 Å². The molecule has 0 aromatic heterocycles. The molecule has 4 aromatic carbocycles. The zero-order valence-corrected chi connectivity index (χ0v) is 26.5. The number of hydrogen-bond acceptors (Lipinski definition) is 5. The normalized spacial score (nSPS) is 14.4. The summed E-state index contributed by atoms with van der Waals surface area (Å²) in [6.45, 7) is 4.63. The molecular weight excluding hydrogens is 607 g/mol. The van der Waals surface area contributed by atoms with Crippen LogP contribution in [-0.2, 0) is 4.74 Å². The molecular formula is C36H32Cl2N4O3. The number of rotatable bonds is 4. The summed E-state index contributed by atoms with van der Waals surface area (Å²) in [6, 6.07) is 21.4. The molecule has 2 amide bonds. The topological polar surface area (TPSA) is 102 Å². The molecule has 0 spiro atoms. The fourth-order valence-electron chi connectivity index (χ4n) is 5.87. The van der Waals surface area contributed by atoms with Gasteiger partial charge in [0.15, 0.2) is 0 Å². The SMILES string of the molecule is Cc1cc(N)ccc1C(=O)N1CCC=C(OC2=CCCN(C(=O)c3ccc(N)cc3C)c3ccc(Cl)cc32)c2cc(Cl)ccc21. The Bertz CT molecular complexity index is 1780. The summed E-state index contributed by atoms with van der Waals surface area (Å²) in [6.07, 6.45) is 5.01. The summed E-state index contributed by atoms with van der Waals surface area (Å²) in [5, 5.41) is 1.02. The molecule has 0 radical (unpaired) electrons. The van der Waals surface area contributed by atoms with E-state index in [4.69, 9.17) is 39.4 Å². The second-order valence-corrected chi connectivity index (χ2v) is 12.1. The first-order valence-electron chi connectivity index (χ1n) is 14.6. The average Bonchev–Trinajstić information content (AvgIpc) is 3.28. The second-order valence-electron chi connectivity index (χ2n) is 11.2. The van der Waals surface area contributed by atoms with Crippen LogP contribution in [0, 0.1) is 13.8 Å². The third-order valence-electron chi connectivity index (χ3n) is 8.07. The van der Waals surface area contributed by atoms with Crippen LogP contribution in [0.5, 0.6) is 0 Å². The first kappa shape index (κ1) is 30.3. The molecule has 0 bridgehead atoms. The molecule has 228 valence electrons. The number of fused-ring (bicyclic) bond motifs is 2. The van der Waals surface area contributed by atoms with Crippen LogP contribution in [0.4, 0.5) is 22.7 Å². The Hall–Kier alpha value is -4.72. The highest BCUT2D eigenvalue weighted by Crippen LogP contribution is 2.41. The largest absolute Gasteiger partial charge is 0.457 e. The highest BCUT2D eigenvalue weighted by atomic mass is 35.5. The standard InChI is InChI=1S/C36H32Cl2N4O3/c1-21-17-25(39)9-11-27(21)35(43)41-15-3-5-33(29-19-23(37)7-13-31(29)41)45-34-6-4-16-42(32-14-8-24(38)20-30(32)34)36(44)28-12-10-26(40)18-22(28)2/h5-14,17-20H,3-4,15-16,39-40H2,1-2H3. The van der Waals surface area contributed by atoms with Crippen molar-refractivity contribution in [1.82, 2.24) is 0 Å². The molecule has 9 heteroatoms. The fraction of sp³-hybridized carbons (Fsp3) is 0.167. The van der Waals surface area contributed by atoms with E-state index in [-0.39, 0.29) is 11.8 Å². The molecule has 2 aliphatic heterocycles. The van der Waals surface area contributed by atoms with Crippen molar-refractivity contribution in [2.75, 3.05) is 34.4 Å². The van der Waals surface area contributed by atoms with Gasteiger partial charge in [-0.25, -0.2) is 0 Å². The first-order valence-corrected chi connectivity index (χ1v) is 15.4. The molecule has 2 heterocycles. The molecule has 0 unspecified atom stereocenters. The fourth-order valence-corrected chi connectivity index (χ4v) is 6.21. The number of anilines is 4. The van der Waals surface area contributed by atoms with E-state index >= 15 is 0 Å². The van der Waals surface area contributed by atoms with Crippen molar-refractivity contribution in [3.05, 3.63) is 128 Å². The molecule has 6 rings (SSSR count). The average molecular weight is 640 g/mol. The second kappa shape index (κ2) is 12.3. The molecule has 0 atom stereocenters. The van der Waals surface area contributed by atoms with Gasteiger partial charge in [0, 0.05) is 56.8 Å². The van der Waals surface area contributed by atoms with Crippen molar-refractivity contribution in [3.63, 3.8) is 0 Å². The van der Waals surface area contributed by atoms with Gasteiger partial charge in [-0.15, -0.1) is 0 Å². The van der Waals surface area contributed by atoms with Gasteiger partial charge in [-0.2, -0.15) is 0 Å². The minimum Gasteiger partial charge on any atom is -0.457 e. The number of carbonyl (C=O) groups is 2. The van der Waals surface area contributed by atoms with E-state index in [0.717, 1.165) is 11.1 Å². The van der Waals surface area contributed by atoms with Gasteiger partial charge < -0.3 is 26.0 Å². The van der Waals surface area contributed by atoms with Crippen molar-refractivity contribution < 1.29 is 14.3 Å². The number of amides is 2. The molecule has 45 heavy (non-hydrogen) atoms. The summed E-state index contributed by atoms with van der Waals surface area (Å²) in [5.41, 5.74) is 18.6. The molecule has 0 aliphatic carbocycles. The number of halogens is 2. The first-order chi connectivity index (χ1) is 21.6. The zero-order valence-electron chi connectivity index (χ0n) is 24.9. The van der Waals surface area contributed by atoms with Crippen LogP contribution in [-0.4, -0.2) is 24.9 Å². The minimum atomic E-state index is -0.136. The molecule has 4 aromatic rings. The van der Waals surface area contributed by atoms with Gasteiger partial charge in [0.05, 0.1) is 11.4 Å². The predicted molar refractivity (Wildman–Crippen MR) is 184 cm³/mol. The van der Waals surface area contributed by atoms with Crippen LogP contribution in [0.15, 0.2) is 84.9 Å². The van der Waals surface area contributed by atoms with Crippen LogP contribution in [0.25, 0.3) is 11.5 Å². The lowest BCUT2D eigenvalue weighted by Crippen LogP contribution is -2.32. The van der Waals surface area contributed by atoms with Gasteiger partial charge in [-0.05, 0) is 123 Å². The van der Waals surface area contributed by atoms with Crippen molar-refractivity contribution in [2.24, 2.45) is 0 Å². The quantitative estimate of drug-likeness (QED) is 0.219. The van der Waals surface area contributed by atoms with E-state index in [1.54, 1.807) is 70.5 Å². The summed E-state index contributed by atoms with van der Waals surface area (Å²) in [7, 11) is 0. The van der Waals surface area contributed by atoms with Crippen LogP contribution in [0.1, 0.15) is 55.8 Å². The number of carbonyl (C=O) groups excluding carboxylic acids is 2. The Morgan fingerprint density at radius 1 is 0.644 bits per heavy atom. The van der Waals surface area contributed by atoms with Crippen molar-refractivity contribution in [1.29, 1.82) is 0 Å². The summed E-state index contributed by atoms with van der Waals surface area (Å²) in [5.74, 6) is 0.846. The Kier molecular flexibility index (Phi) is 8.32. The van der Waals surface area contributed by atoms with Gasteiger partial charge in [0.1, 0.15) is 11.5 Å². The Labute approximate surface area is 272 Å². The predicted octanol–water partition coefficient (Wildman–Crippen LogP) is 8.27. The van der Waals surface area contributed by atoms with Crippen molar-refractivity contribution in [3.8, 4) is 0 Å². The highest BCUT2D eigenvalue weighted by molar-refractivity contribution is 6.31. The molecule has 7 nitrogen and oxygen atoms in total. The van der Waals surface area contributed by atoms with Crippen LogP contribution in [0.2, 0.25) is 10.0 Å². The number of nitrogens with two attached hydrogens (primary N) is 2. The van der Waals surface area contributed by atoms with Gasteiger partial charge in [0.2, 0.25) is 0 Å². The molecule has 2 aliphatic rings. The van der Waals surface area contributed by atoms with Crippen LogP contribution in [0.3, 0.4) is 0 Å². The van der Waals surface area contributed by atoms with E-state index in [2.05, 4.69) is 0 Å². The van der Waals surface area contributed by atoms with Crippen molar-refractivity contribution in [2.45, 2.75) is 26.7 Å². The highest BCUT2D eigenvalue weighted by Gasteiger charge is 2.29. The minimum absolute atomic E-state index is 0.136. The smallest absolute Gasteiger partial charge is 0.258 e. The van der Waals surface area contributed by atoms with Gasteiger partial charge >= 0.3 is 0 Å². The summed E-state index contributed by atoms with van der Waals surface area (Å²) in [4.78, 5) is 31.2. The monoisotopic (exact) mass is 638 g/mol. The lowest BCUT2D eigenvalue weighted by molar-refractivity contribution is 0.0979. The van der Waals surface area contributed by atoms with E-state index in [1.807, 2.05) is 38.1 Å². The molecule has 0 fully saturated rings. The number of ether oxygens (including phenoxy) is 1. The van der Waals surface area contributed by atoms with E-state index in [9.17, 15) is 9.59 Å². The lowest BCUT2D eigenvalue weighted by Gasteiger charge is -2.26. The third-order valence-corrected chi connectivity index (χ3v) is 8.54. The Balaban J connectivity index is 1.36. The maximum atomic E-state index is 13.9. The van der Waals surface area contributed by atoms with E-state index in [0.29, 0.717) is 92.5 Å². The molecule has 4 N–H and O–H groups in total. The zero-order chi connectivity index (χ0) is 31.8. The lowest BCUT2D eigenvalue weighted by atomic mass is 10.0. The Morgan fingerprint density at radius 3 is 1.47 bits per heavy atom. The molecule has 0 saturated carbocycles. The molecule has 0 saturated heterocycles. The van der Waals surface area contributed by atoms with Gasteiger partial charge in [-0.3, -0.25) is 9.59 Å². The van der Waals surface area contributed by atoms with Gasteiger partial charge in [-0.1, -0.05) is 23.2 Å². The number of nitrogen functional groups attached to an aromatic ring is 2. The number of nitrogens with zero attached hydrogens (tertiary/aromatic N) is 2. The maximum Gasteiger partial charge on any atom is 0.258 e. The number of benzene rings is 4. The third kappa shape index (κ3) is 6.01.